The Hall–Kier alpha value is -3.15. The molecule has 25 heavy (non-hydrogen) atoms. The van der Waals surface area contributed by atoms with Crippen LogP contribution < -0.4 is 4.74 Å². The fourth-order valence-electron chi connectivity index (χ4n) is 2.60. The summed E-state index contributed by atoms with van der Waals surface area (Å²) >= 11 is 0. The van der Waals surface area contributed by atoms with E-state index in [0.29, 0.717) is 16.9 Å². The fraction of sp³-hybridized carbons (Fsp3) is 0.211. The van der Waals surface area contributed by atoms with Crippen LogP contribution >= 0.6 is 0 Å². The van der Waals surface area contributed by atoms with Crippen molar-refractivity contribution in [3.05, 3.63) is 65.7 Å². The first-order valence-corrected chi connectivity index (χ1v) is 7.91. The third kappa shape index (κ3) is 3.38. The van der Waals surface area contributed by atoms with Crippen molar-refractivity contribution in [2.24, 2.45) is 0 Å². The molecule has 3 rings (SSSR count). The lowest BCUT2D eigenvalue weighted by Gasteiger charge is -2.20. The van der Waals surface area contributed by atoms with Gasteiger partial charge >= 0.3 is 5.97 Å². The van der Waals surface area contributed by atoms with Gasteiger partial charge in [-0.2, -0.15) is 0 Å². The molecule has 0 N–H and O–H groups in total. The predicted molar refractivity (Wildman–Crippen MR) is 89.3 cm³/mol. The van der Waals surface area contributed by atoms with Crippen molar-refractivity contribution in [3.8, 4) is 5.75 Å². The molecule has 1 heterocycles. The van der Waals surface area contributed by atoms with Gasteiger partial charge in [-0.05, 0) is 31.2 Å². The van der Waals surface area contributed by atoms with E-state index in [0.717, 1.165) is 4.90 Å². The van der Waals surface area contributed by atoms with Crippen molar-refractivity contribution < 1.29 is 23.9 Å². The number of amides is 2. The molecule has 2 aromatic carbocycles. The molecular weight excluding hydrogens is 322 g/mol. The lowest BCUT2D eigenvalue weighted by molar-refractivity contribution is -0.148. The summed E-state index contributed by atoms with van der Waals surface area (Å²) in [5, 5.41) is 0. The maximum Gasteiger partial charge on any atom is 0.329 e. The van der Waals surface area contributed by atoms with Crippen LogP contribution in [0.5, 0.6) is 5.75 Å². The van der Waals surface area contributed by atoms with E-state index < -0.39 is 23.8 Å². The molecule has 0 unspecified atom stereocenters. The second-order valence-electron chi connectivity index (χ2n) is 5.53. The van der Waals surface area contributed by atoms with Gasteiger partial charge in [0.05, 0.1) is 11.1 Å². The standard InChI is InChI=1S/C19H17NO5/c1-13(19(23)25-12-11-24-14-7-3-2-4-8-14)20-17(21)15-9-5-6-10-16(15)18(20)22/h2-10,13H,11-12H2,1H3/t13-/m1/s1. The van der Waals surface area contributed by atoms with Crippen LogP contribution in [0.1, 0.15) is 27.6 Å². The number of carbonyl (C=O) groups excluding carboxylic acids is 3. The van der Waals surface area contributed by atoms with E-state index in [9.17, 15) is 14.4 Å². The van der Waals surface area contributed by atoms with Gasteiger partial charge in [-0.3, -0.25) is 14.5 Å². The third-order valence-electron chi connectivity index (χ3n) is 3.89. The average molecular weight is 339 g/mol. The van der Waals surface area contributed by atoms with Crippen LogP contribution in [0.4, 0.5) is 0 Å². The van der Waals surface area contributed by atoms with Gasteiger partial charge in [0.25, 0.3) is 11.8 Å². The summed E-state index contributed by atoms with van der Waals surface area (Å²) in [6, 6.07) is 14.6. The molecule has 0 spiro atoms. The lowest BCUT2D eigenvalue weighted by Crippen LogP contribution is -2.44. The summed E-state index contributed by atoms with van der Waals surface area (Å²) in [6.07, 6.45) is 0. The summed E-state index contributed by atoms with van der Waals surface area (Å²) in [4.78, 5) is 37.8. The zero-order valence-corrected chi connectivity index (χ0v) is 13.7. The third-order valence-corrected chi connectivity index (χ3v) is 3.89. The SMILES string of the molecule is C[C@H](C(=O)OCCOc1ccccc1)N1C(=O)c2ccccc2C1=O. The number of fused-ring (bicyclic) bond motifs is 1. The van der Waals surface area contributed by atoms with Gasteiger partial charge in [-0.25, -0.2) is 4.79 Å². The summed E-state index contributed by atoms with van der Waals surface area (Å²) in [6.45, 7) is 1.69. The van der Waals surface area contributed by atoms with Crippen molar-refractivity contribution in [3.63, 3.8) is 0 Å². The molecule has 2 aromatic rings. The van der Waals surface area contributed by atoms with Crippen molar-refractivity contribution in [1.29, 1.82) is 0 Å². The van der Waals surface area contributed by atoms with Crippen molar-refractivity contribution in [2.75, 3.05) is 13.2 Å². The number of para-hydroxylation sites is 1. The predicted octanol–water partition coefficient (Wildman–Crippen LogP) is 2.29. The molecule has 0 saturated heterocycles. The maximum absolute atomic E-state index is 12.3. The first kappa shape index (κ1) is 16.7. The zero-order chi connectivity index (χ0) is 17.8. The minimum absolute atomic E-state index is 0.0290. The van der Waals surface area contributed by atoms with Gasteiger partial charge in [0.2, 0.25) is 0 Å². The van der Waals surface area contributed by atoms with Gasteiger partial charge in [0.15, 0.2) is 0 Å². The second kappa shape index (κ2) is 7.17. The highest BCUT2D eigenvalue weighted by atomic mass is 16.6. The summed E-state index contributed by atoms with van der Waals surface area (Å²) in [7, 11) is 0. The molecule has 6 heteroatoms. The molecule has 128 valence electrons. The van der Waals surface area contributed by atoms with Crippen LogP contribution in [-0.2, 0) is 9.53 Å². The first-order chi connectivity index (χ1) is 12.1. The van der Waals surface area contributed by atoms with Crippen LogP contribution in [0.25, 0.3) is 0 Å². The van der Waals surface area contributed by atoms with Gasteiger partial charge in [0.1, 0.15) is 25.0 Å². The number of hydrogen-bond donors (Lipinski definition) is 0. The molecule has 1 aliphatic rings. The number of benzene rings is 2. The summed E-state index contributed by atoms with van der Waals surface area (Å²) < 4.78 is 10.6. The summed E-state index contributed by atoms with van der Waals surface area (Å²) in [5.74, 6) is -0.936. The van der Waals surface area contributed by atoms with E-state index in [4.69, 9.17) is 9.47 Å². The van der Waals surface area contributed by atoms with Crippen molar-refractivity contribution >= 4 is 17.8 Å². The Labute approximate surface area is 145 Å². The number of esters is 1. The van der Waals surface area contributed by atoms with E-state index in [1.807, 2.05) is 18.2 Å². The van der Waals surface area contributed by atoms with Gasteiger partial charge in [-0.1, -0.05) is 30.3 Å². The molecule has 0 aliphatic carbocycles. The number of ether oxygens (including phenoxy) is 2. The Morgan fingerprint density at radius 3 is 2.08 bits per heavy atom. The lowest BCUT2D eigenvalue weighted by atomic mass is 10.1. The highest BCUT2D eigenvalue weighted by molar-refractivity contribution is 6.22. The summed E-state index contributed by atoms with van der Waals surface area (Å²) in [5.41, 5.74) is 0.610. The number of hydrogen-bond acceptors (Lipinski definition) is 5. The quantitative estimate of drug-likeness (QED) is 0.459. The largest absolute Gasteiger partial charge is 0.490 e. The molecular formula is C19H17NO5. The van der Waals surface area contributed by atoms with Crippen molar-refractivity contribution in [2.45, 2.75) is 13.0 Å². The first-order valence-electron chi connectivity index (χ1n) is 7.91. The van der Waals surface area contributed by atoms with Gasteiger partial charge < -0.3 is 9.47 Å². The Morgan fingerprint density at radius 2 is 1.48 bits per heavy atom. The number of nitrogens with zero attached hydrogens (tertiary/aromatic N) is 1. The van der Waals surface area contributed by atoms with E-state index in [-0.39, 0.29) is 13.2 Å². The second-order valence-corrected chi connectivity index (χ2v) is 5.53. The number of imide groups is 1. The van der Waals surface area contributed by atoms with Gasteiger partial charge in [-0.15, -0.1) is 0 Å². The Bertz CT molecular complexity index is 767. The molecule has 0 fully saturated rings. The van der Waals surface area contributed by atoms with Gasteiger partial charge in [0, 0.05) is 0 Å². The smallest absolute Gasteiger partial charge is 0.329 e. The van der Waals surface area contributed by atoms with Crippen LogP contribution in [0.15, 0.2) is 54.6 Å². The van der Waals surface area contributed by atoms with Crippen LogP contribution in [0.2, 0.25) is 0 Å². The molecule has 2 amide bonds. The monoisotopic (exact) mass is 339 g/mol. The van der Waals surface area contributed by atoms with E-state index in [1.54, 1.807) is 36.4 Å². The topological polar surface area (TPSA) is 72.9 Å². The molecule has 0 radical (unpaired) electrons. The number of rotatable bonds is 6. The van der Waals surface area contributed by atoms with Crippen LogP contribution in [0, 0.1) is 0 Å². The molecule has 1 aliphatic heterocycles. The Morgan fingerprint density at radius 1 is 0.920 bits per heavy atom. The number of carbonyl (C=O) groups is 3. The maximum atomic E-state index is 12.3. The molecule has 6 nitrogen and oxygen atoms in total. The van der Waals surface area contributed by atoms with Crippen LogP contribution in [-0.4, -0.2) is 41.9 Å². The van der Waals surface area contributed by atoms with E-state index in [2.05, 4.69) is 0 Å². The van der Waals surface area contributed by atoms with Crippen LogP contribution in [0.3, 0.4) is 0 Å². The minimum Gasteiger partial charge on any atom is -0.490 e. The molecule has 1 atom stereocenters. The zero-order valence-electron chi connectivity index (χ0n) is 13.7. The highest BCUT2D eigenvalue weighted by Gasteiger charge is 2.41. The van der Waals surface area contributed by atoms with E-state index in [1.165, 1.54) is 6.92 Å². The molecule has 0 bridgehead atoms. The molecule has 0 aromatic heterocycles. The highest BCUT2D eigenvalue weighted by Crippen LogP contribution is 2.24. The minimum atomic E-state index is -0.996. The normalized spacial score (nSPS) is 14.2. The van der Waals surface area contributed by atoms with Crippen molar-refractivity contribution in [1.82, 2.24) is 4.90 Å². The van der Waals surface area contributed by atoms with E-state index >= 15 is 0 Å². The Kier molecular flexibility index (Phi) is 4.79. The molecule has 0 saturated carbocycles. The average Bonchev–Trinajstić information content (AvgIpc) is 2.90. The Balaban J connectivity index is 1.54. The fourth-order valence-corrected chi connectivity index (χ4v) is 2.60.